The lowest BCUT2D eigenvalue weighted by Gasteiger charge is -2.40. The summed E-state index contributed by atoms with van der Waals surface area (Å²) >= 11 is 0. The molecule has 0 spiro atoms. The molecule has 0 aliphatic carbocycles. The Balaban J connectivity index is 2.33. The number of aliphatic hydroxyl groups is 1. The van der Waals surface area contributed by atoms with Crippen molar-refractivity contribution in [1.82, 2.24) is 4.90 Å². The van der Waals surface area contributed by atoms with Crippen LogP contribution in [0.15, 0.2) is 24.3 Å². The second-order valence-electron chi connectivity index (χ2n) is 4.65. The lowest BCUT2D eigenvalue weighted by molar-refractivity contribution is -0.133. The number of amides is 1. The topological polar surface area (TPSA) is 53.0 Å². The summed E-state index contributed by atoms with van der Waals surface area (Å²) in [6.45, 7) is 1.42. The van der Waals surface area contributed by atoms with Crippen molar-refractivity contribution in [3.63, 3.8) is 0 Å². The van der Waals surface area contributed by atoms with Gasteiger partial charge in [0.1, 0.15) is 11.8 Å². The fourth-order valence-corrected chi connectivity index (χ4v) is 2.47. The molecule has 2 rings (SSSR count). The van der Waals surface area contributed by atoms with Crippen LogP contribution in [0.4, 0.5) is 5.69 Å². The molecule has 0 saturated carbocycles. The number of piperazine rings is 1. The highest BCUT2D eigenvalue weighted by Gasteiger charge is 2.33. The highest BCUT2D eigenvalue weighted by molar-refractivity contribution is 5.87. The molecule has 0 bridgehead atoms. The number of aliphatic hydroxyl groups excluding tert-OH is 1. The number of benzene rings is 1. The van der Waals surface area contributed by atoms with E-state index >= 15 is 0 Å². The largest absolute Gasteiger partial charge is 0.495 e. The monoisotopic (exact) mass is 264 g/mol. The predicted octanol–water partition coefficient (Wildman–Crippen LogP) is 0.725. The van der Waals surface area contributed by atoms with Crippen molar-refractivity contribution in [2.75, 3.05) is 38.8 Å². The summed E-state index contributed by atoms with van der Waals surface area (Å²) in [5, 5.41) is 9.19. The van der Waals surface area contributed by atoms with Crippen molar-refractivity contribution in [3.05, 3.63) is 24.3 Å². The summed E-state index contributed by atoms with van der Waals surface area (Å²) < 4.78 is 5.36. The van der Waals surface area contributed by atoms with Crippen LogP contribution in [0.3, 0.4) is 0 Å². The van der Waals surface area contributed by atoms with Gasteiger partial charge in [-0.3, -0.25) is 4.79 Å². The number of methoxy groups -OCH3 is 1. The zero-order chi connectivity index (χ0) is 13.8. The third-order valence-electron chi connectivity index (χ3n) is 3.51. The first-order valence-electron chi connectivity index (χ1n) is 6.44. The minimum Gasteiger partial charge on any atom is -0.495 e. The lowest BCUT2D eigenvalue weighted by Crippen LogP contribution is -2.56. The summed E-state index contributed by atoms with van der Waals surface area (Å²) in [7, 11) is 3.42. The molecular weight excluding hydrogens is 244 g/mol. The summed E-state index contributed by atoms with van der Waals surface area (Å²) in [4.78, 5) is 16.0. The van der Waals surface area contributed by atoms with Crippen LogP contribution in [-0.2, 0) is 4.79 Å². The second kappa shape index (κ2) is 5.93. The lowest BCUT2D eigenvalue weighted by atomic mass is 10.1. The molecule has 5 heteroatoms. The van der Waals surface area contributed by atoms with Crippen molar-refractivity contribution in [2.24, 2.45) is 0 Å². The maximum atomic E-state index is 12.2. The molecule has 1 aromatic carbocycles. The van der Waals surface area contributed by atoms with E-state index in [4.69, 9.17) is 4.74 Å². The van der Waals surface area contributed by atoms with Crippen LogP contribution >= 0.6 is 0 Å². The number of carbonyl (C=O) groups excluding carboxylic acids is 1. The van der Waals surface area contributed by atoms with Gasteiger partial charge in [-0.2, -0.15) is 0 Å². The van der Waals surface area contributed by atoms with E-state index in [1.54, 1.807) is 19.1 Å². The molecule has 1 N–H and O–H groups in total. The number of rotatable bonds is 4. The van der Waals surface area contributed by atoms with Gasteiger partial charge >= 0.3 is 0 Å². The van der Waals surface area contributed by atoms with Crippen LogP contribution in [0, 0.1) is 0 Å². The Morgan fingerprint density at radius 2 is 2.11 bits per heavy atom. The fourth-order valence-electron chi connectivity index (χ4n) is 2.47. The Kier molecular flexibility index (Phi) is 4.27. The van der Waals surface area contributed by atoms with E-state index in [1.807, 2.05) is 29.2 Å². The van der Waals surface area contributed by atoms with Crippen molar-refractivity contribution in [1.29, 1.82) is 0 Å². The molecule has 1 aliphatic heterocycles. The van der Waals surface area contributed by atoms with Crippen LogP contribution < -0.4 is 9.64 Å². The van der Waals surface area contributed by atoms with E-state index in [9.17, 15) is 9.90 Å². The Bertz CT molecular complexity index is 450. The van der Waals surface area contributed by atoms with Crippen LogP contribution in [0.5, 0.6) is 5.75 Å². The number of hydrogen-bond acceptors (Lipinski definition) is 4. The zero-order valence-corrected chi connectivity index (χ0v) is 11.4. The third kappa shape index (κ3) is 2.66. The molecule has 0 radical (unpaired) electrons. The smallest absolute Gasteiger partial charge is 0.245 e. The standard InChI is InChI=1S/C14H20N2O3/c1-15-8-9-16(12(7-10-17)14(15)18)11-5-3-4-6-13(11)19-2/h3-6,12,17H,7-10H2,1-2H3. The van der Waals surface area contributed by atoms with Gasteiger partial charge in [0.25, 0.3) is 0 Å². The van der Waals surface area contributed by atoms with Gasteiger partial charge in [0.2, 0.25) is 5.91 Å². The molecule has 0 aromatic heterocycles. The molecule has 5 nitrogen and oxygen atoms in total. The van der Waals surface area contributed by atoms with Crippen molar-refractivity contribution in [3.8, 4) is 5.75 Å². The van der Waals surface area contributed by atoms with Crippen molar-refractivity contribution < 1.29 is 14.6 Å². The van der Waals surface area contributed by atoms with Gasteiger partial charge in [-0.25, -0.2) is 0 Å². The fraction of sp³-hybridized carbons (Fsp3) is 0.500. The number of ether oxygens (including phenoxy) is 1. The van der Waals surface area contributed by atoms with Gasteiger partial charge in [-0.15, -0.1) is 0 Å². The number of anilines is 1. The summed E-state index contributed by atoms with van der Waals surface area (Å²) in [5.41, 5.74) is 0.907. The first-order chi connectivity index (χ1) is 9.19. The Morgan fingerprint density at radius 1 is 1.37 bits per heavy atom. The minimum absolute atomic E-state index is 0.00407. The summed E-state index contributed by atoms with van der Waals surface area (Å²) in [6.07, 6.45) is 0.432. The van der Waals surface area contributed by atoms with Crippen molar-refractivity contribution >= 4 is 11.6 Å². The highest BCUT2D eigenvalue weighted by Crippen LogP contribution is 2.31. The number of likely N-dealkylation sites (N-methyl/N-ethyl adjacent to an activating group) is 1. The molecule has 1 amide bonds. The van der Waals surface area contributed by atoms with E-state index in [0.717, 1.165) is 18.0 Å². The van der Waals surface area contributed by atoms with Gasteiger partial charge in [0, 0.05) is 26.7 Å². The average Bonchev–Trinajstić information content (AvgIpc) is 2.44. The third-order valence-corrected chi connectivity index (χ3v) is 3.51. The summed E-state index contributed by atoms with van der Waals surface area (Å²) in [6, 6.07) is 7.34. The number of nitrogens with zero attached hydrogens (tertiary/aromatic N) is 2. The van der Waals surface area contributed by atoms with E-state index in [2.05, 4.69) is 0 Å². The van der Waals surface area contributed by atoms with Gasteiger partial charge in [0.05, 0.1) is 12.8 Å². The van der Waals surface area contributed by atoms with Crippen LogP contribution in [0.2, 0.25) is 0 Å². The van der Waals surface area contributed by atoms with E-state index < -0.39 is 0 Å². The molecule has 104 valence electrons. The Hall–Kier alpha value is -1.75. The molecule has 1 saturated heterocycles. The minimum atomic E-state index is -0.319. The van der Waals surface area contributed by atoms with Crippen molar-refractivity contribution in [2.45, 2.75) is 12.5 Å². The SMILES string of the molecule is COc1ccccc1N1CCN(C)C(=O)C1CCO. The van der Waals surface area contributed by atoms with Gasteiger partial charge in [-0.1, -0.05) is 12.1 Å². The zero-order valence-electron chi connectivity index (χ0n) is 11.4. The van der Waals surface area contributed by atoms with Gasteiger partial charge < -0.3 is 19.6 Å². The summed E-state index contributed by atoms with van der Waals surface area (Å²) in [5.74, 6) is 0.800. The van der Waals surface area contributed by atoms with Crippen LogP contribution in [0.25, 0.3) is 0 Å². The predicted molar refractivity (Wildman–Crippen MR) is 73.5 cm³/mol. The Morgan fingerprint density at radius 3 is 2.79 bits per heavy atom. The van der Waals surface area contributed by atoms with E-state index in [0.29, 0.717) is 13.0 Å². The molecule has 1 aliphatic rings. The average molecular weight is 264 g/mol. The maximum absolute atomic E-state index is 12.2. The van der Waals surface area contributed by atoms with Gasteiger partial charge in [-0.05, 0) is 18.6 Å². The molecule has 19 heavy (non-hydrogen) atoms. The highest BCUT2D eigenvalue weighted by atomic mass is 16.5. The number of carbonyl (C=O) groups is 1. The molecular formula is C14H20N2O3. The molecule has 1 heterocycles. The normalized spacial score (nSPS) is 19.7. The van der Waals surface area contributed by atoms with E-state index in [-0.39, 0.29) is 18.6 Å². The molecule has 1 atom stereocenters. The Labute approximate surface area is 113 Å². The molecule has 1 unspecified atom stereocenters. The van der Waals surface area contributed by atoms with Crippen LogP contribution in [-0.4, -0.2) is 55.8 Å². The van der Waals surface area contributed by atoms with E-state index in [1.165, 1.54) is 0 Å². The molecule has 1 fully saturated rings. The quantitative estimate of drug-likeness (QED) is 0.871. The van der Waals surface area contributed by atoms with Gasteiger partial charge in [0.15, 0.2) is 0 Å². The molecule has 1 aromatic rings. The first-order valence-corrected chi connectivity index (χ1v) is 6.44. The second-order valence-corrected chi connectivity index (χ2v) is 4.65. The number of para-hydroxylation sites is 2. The number of hydrogen-bond donors (Lipinski definition) is 1. The maximum Gasteiger partial charge on any atom is 0.245 e. The first kappa shape index (κ1) is 13.7. The van der Waals surface area contributed by atoms with Crippen LogP contribution in [0.1, 0.15) is 6.42 Å².